The second kappa shape index (κ2) is 7.34. The van der Waals surface area contributed by atoms with Crippen LogP contribution in [0.15, 0.2) is 0 Å². The van der Waals surface area contributed by atoms with Crippen LogP contribution in [0.25, 0.3) is 0 Å². The topological polar surface area (TPSA) is 115 Å². The van der Waals surface area contributed by atoms with Crippen molar-refractivity contribution in [1.82, 2.24) is 15.0 Å². The van der Waals surface area contributed by atoms with Gasteiger partial charge < -0.3 is 21.1 Å². The maximum absolute atomic E-state index is 11.0. The minimum atomic E-state index is -0.573. The number of nitrogens with zero attached hydrogens (tertiary/aromatic N) is 3. The number of ether oxygens (including phenoxy) is 1. The van der Waals surface area contributed by atoms with E-state index in [9.17, 15) is 4.79 Å². The van der Waals surface area contributed by atoms with Crippen LogP contribution in [-0.2, 0) is 4.79 Å². The summed E-state index contributed by atoms with van der Waals surface area (Å²) >= 11 is 0. The monoisotopic (exact) mass is 268 g/mol. The van der Waals surface area contributed by atoms with Crippen LogP contribution in [0.4, 0.5) is 11.9 Å². The fraction of sp³-hybridized carbons (Fsp3) is 0.636. The van der Waals surface area contributed by atoms with Crippen LogP contribution in [-0.4, -0.2) is 40.1 Å². The standard InChI is InChI=1S/C11H20N6O2/c1-4-6-13-9-15-10(14-7(3)8(12)18)17-11(16-9)19-5-2/h7H,4-6H2,1-3H3,(H2,12,18)(H2,13,14,15,16,17). The molecule has 0 saturated carbocycles. The van der Waals surface area contributed by atoms with Crippen molar-refractivity contribution >= 4 is 17.8 Å². The lowest BCUT2D eigenvalue weighted by molar-refractivity contribution is -0.118. The molecule has 19 heavy (non-hydrogen) atoms. The number of carbonyl (C=O) groups is 1. The summed E-state index contributed by atoms with van der Waals surface area (Å²) in [5.41, 5.74) is 5.18. The number of rotatable bonds is 8. The van der Waals surface area contributed by atoms with Crippen molar-refractivity contribution in [2.24, 2.45) is 5.73 Å². The molecule has 0 aliphatic heterocycles. The van der Waals surface area contributed by atoms with Crippen molar-refractivity contribution < 1.29 is 9.53 Å². The van der Waals surface area contributed by atoms with E-state index in [0.29, 0.717) is 12.6 Å². The average Bonchev–Trinajstić information content (AvgIpc) is 2.36. The zero-order valence-electron chi connectivity index (χ0n) is 11.4. The van der Waals surface area contributed by atoms with E-state index in [1.54, 1.807) is 6.92 Å². The zero-order valence-corrected chi connectivity index (χ0v) is 11.4. The molecule has 0 aromatic carbocycles. The Bertz CT molecular complexity index is 426. The molecule has 0 fully saturated rings. The molecule has 1 aromatic heterocycles. The smallest absolute Gasteiger partial charge is 0.323 e. The molecule has 0 aliphatic rings. The minimum Gasteiger partial charge on any atom is -0.464 e. The van der Waals surface area contributed by atoms with Crippen LogP contribution in [0.1, 0.15) is 27.2 Å². The normalized spacial score (nSPS) is 11.7. The van der Waals surface area contributed by atoms with E-state index in [0.717, 1.165) is 13.0 Å². The number of carbonyl (C=O) groups excluding carboxylic acids is 1. The van der Waals surface area contributed by atoms with Crippen molar-refractivity contribution in [3.05, 3.63) is 0 Å². The Morgan fingerprint density at radius 1 is 1.32 bits per heavy atom. The van der Waals surface area contributed by atoms with Gasteiger partial charge in [0.05, 0.1) is 6.61 Å². The molecule has 0 radical (unpaired) electrons. The van der Waals surface area contributed by atoms with Gasteiger partial charge in [-0.3, -0.25) is 4.79 Å². The summed E-state index contributed by atoms with van der Waals surface area (Å²) in [5, 5.41) is 5.84. The number of anilines is 2. The van der Waals surface area contributed by atoms with Gasteiger partial charge >= 0.3 is 6.01 Å². The van der Waals surface area contributed by atoms with E-state index in [2.05, 4.69) is 25.6 Å². The Balaban J connectivity index is 2.88. The summed E-state index contributed by atoms with van der Waals surface area (Å²) in [6.45, 7) is 6.68. The van der Waals surface area contributed by atoms with Gasteiger partial charge in [-0.15, -0.1) is 0 Å². The third-order valence-electron chi connectivity index (χ3n) is 2.19. The largest absolute Gasteiger partial charge is 0.464 e. The number of nitrogens with one attached hydrogen (secondary N) is 2. The molecule has 0 aliphatic carbocycles. The van der Waals surface area contributed by atoms with Gasteiger partial charge in [-0.1, -0.05) is 6.92 Å². The first-order chi connectivity index (χ1) is 9.06. The number of aromatic nitrogens is 3. The fourth-order valence-electron chi connectivity index (χ4n) is 1.20. The predicted octanol–water partition coefficient (Wildman–Crippen LogP) is 0.378. The van der Waals surface area contributed by atoms with Crippen molar-refractivity contribution in [2.45, 2.75) is 33.2 Å². The van der Waals surface area contributed by atoms with E-state index in [1.807, 2.05) is 13.8 Å². The predicted molar refractivity (Wildman–Crippen MR) is 72.1 cm³/mol. The molecule has 106 valence electrons. The zero-order chi connectivity index (χ0) is 14.3. The van der Waals surface area contributed by atoms with Gasteiger partial charge in [-0.05, 0) is 20.3 Å². The fourth-order valence-corrected chi connectivity index (χ4v) is 1.20. The van der Waals surface area contributed by atoms with Crippen molar-refractivity contribution in [1.29, 1.82) is 0 Å². The van der Waals surface area contributed by atoms with Crippen LogP contribution < -0.4 is 21.1 Å². The average molecular weight is 268 g/mol. The molecule has 1 aromatic rings. The molecule has 8 heteroatoms. The lowest BCUT2D eigenvalue weighted by Crippen LogP contribution is -2.33. The van der Waals surface area contributed by atoms with Crippen molar-refractivity contribution in [2.75, 3.05) is 23.8 Å². The summed E-state index contributed by atoms with van der Waals surface area (Å²) in [7, 11) is 0. The minimum absolute atomic E-state index is 0.204. The molecule has 0 saturated heterocycles. The van der Waals surface area contributed by atoms with Crippen molar-refractivity contribution in [3.8, 4) is 6.01 Å². The number of primary amides is 1. The second-order valence-electron chi connectivity index (χ2n) is 3.89. The van der Waals surface area contributed by atoms with Crippen LogP contribution >= 0.6 is 0 Å². The first-order valence-corrected chi connectivity index (χ1v) is 6.25. The third kappa shape index (κ3) is 4.94. The summed E-state index contributed by atoms with van der Waals surface area (Å²) in [6, 6.07) is -0.369. The van der Waals surface area contributed by atoms with Crippen molar-refractivity contribution in [3.63, 3.8) is 0 Å². The lowest BCUT2D eigenvalue weighted by atomic mass is 10.3. The van der Waals surface area contributed by atoms with Gasteiger partial charge in [0.1, 0.15) is 6.04 Å². The summed E-state index contributed by atoms with van der Waals surface area (Å²) < 4.78 is 5.25. The molecular formula is C11H20N6O2. The first kappa shape index (κ1) is 14.9. The van der Waals surface area contributed by atoms with E-state index in [1.165, 1.54) is 0 Å². The van der Waals surface area contributed by atoms with Crippen LogP contribution in [0.5, 0.6) is 6.01 Å². The Hall–Kier alpha value is -2.12. The maximum Gasteiger partial charge on any atom is 0.323 e. The third-order valence-corrected chi connectivity index (χ3v) is 2.19. The number of amides is 1. The molecule has 8 nitrogen and oxygen atoms in total. The van der Waals surface area contributed by atoms with Gasteiger partial charge in [0.25, 0.3) is 0 Å². The highest BCUT2D eigenvalue weighted by Crippen LogP contribution is 2.12. The molecule has 1 atom stereocenters. The van der Waals surface area contributed by atoms with E-state index in [4.69, 9.17) is 10.5 Å². The van der Waals surface area contributed by atoms with E-state index in [-0.39, 0.29) is 12.0 Å². The van der Waals surface area contributed by atoms with Gasteiger partial charge in [0, 0.05) is 6.54 Å². The molecular weight excluding hydrogens is 248 g/mol. The molecule has 0 spiro atoms. The van der Waals surface area contributed by atoms with Gasteiger partial charge in [0.15, 0.2) is 0 Å². The lowest BCUT2D eigenvalue weighted by Gasteiger charge is -2.12. The van der Waals surface area contributed by atoms with E-state index >= 15 is 0 Å². The highest BCUT2D eigenvalue weighted by atomic mass is 16.5. The van der Waals surface area contributed by atoms with Gasteiger partial charge in [-0.2, -0.15) is 15.0 Å². The second-order valence-corrected chi connectivity index (χ2v) is 3.89. The summed E-state index contributed by atoms with van der Waals surface area (Å²) in [4.78, 5) is 23.3. The Morgan fingerprint density at radius 3 is 2.58 bits per heavy atom. The van der Waals surface area contributed by atoms with Gasteiger partial charge in [-0.25, -0.2) is 0 Å². The molecule has 1 amide bonds. The van der Waals surface area contributed by atoms with Gasteiger partial charge in [0.2, 0.25) is 17.8 Å². The Labute approximate surface area is 112 Å². The first-order valence-electron chi connectivity index (χ1n) is 6.25. The SMILES string of the molecule is CCCNc1nc(NC(C)C(N)=O)nc(OCC)n1. The molecule has 1 unspecified atom stereocenters. The Morgan fingerprint density at radius 2 is 2.00 bits per heavy atom. The summed E-state index contributed by atoms with van der Waals surface area (Å²) in [5.74, 6) is 0.171. The summed E-state index contributed by atoms with van der Waals surface area (Å²) in [6.07, 6.45) is 0.941. The Kier molecular flexibility index (Phi) is 5.77. The number of hydrogen-bond acceptors (Lipinski definition) is 7. The highest BCUT2D eigenvalue weighted by Gasteiger charge is 2.12. The molecule has 1 heterocycles. The van der Waals surface area contributed by atoms with Crippen LogP contribution in [0.3, 0.4) is 0 Å². The number of nitrogens with two attached hydrogens (primary N) is 1. The van der Waals surface area contributed by atoms with Crippen LogP contribution in [0, 0.1) is 0 Å². The van der Waals surface area contributed by atoms with Crippen LogP contribution in [0.2, 0.25) is 0 Å². The maximum atomic E-state index is 11.0. The molecule has 4 N–H and O–H groups in total. The highest BCUT2D eigenvalue weighted by molar-refractivity contribution is 5.81. The number of hydrogen-bond donors (Lipinski definition) is 3. The molecule has 1 rings (SSSR count). The molecule has 0 bridgehead atoms. The quantitative estimate of drug-likeness (QED) is 0.624. The van der Waals surface area contributed by atoms with E-state index < -0.39 is 11.9 Å².